The van der Waals surface area contributed by atoms with E-state index in [1.807, 2.05) is 0 Å². The predicted octanol–water partition coefficient (Wildman–Crippen LogP) is 4.21. The molecule has 0 spiro atoms. The van der Waals surface area contributed by atoms with Crippen LogP contribution in [0.2, 0.25) is 0 Å². The van der Waals surface area contributed by atoms with Gasteiger partial charge in [0.25, 0.3) is 0 Å². The molecule has 0 aromatic heterocycles. The van der Waals surface area contributed by atoms with Gasteiger partial charge in [-0.25, -0.2) is 0 Å². The van der Waals surface area contributed by atoms with Crippen LogP contribution in [0.5, 0.6) is 0 Å². The first-order valence-corrected chi connectivity index (χ1v) is 8.22. The summed E-state index contributed by atoms with van der Waals surface area (Å²) in [6, 6.07) is 0.942. The lowest BCUT2D eigenvalue weighted by atomic mass is 9.75. The molecule has 0 atom stereocenters. The molecule has 2 aliphatic rings. The molecule has 94 valence electrons. The summed E-state index contributed by atoms with van der Waals surface area (Å²) < 4.78 is 0. The Morgan fingerprint density at radius 1 is 1.19 bits per heavy atom. The van der Waals surface area contributed by atoms with E-state index in [4.69, 9.17) is 0 Å². The van der Waals surface area contributed by atoms with Crippen molar-refractivity contribution >= 4 is 15.9 Å². The van der Waals surface area contributed by atoms with Gasteiger partial charge in [-0.15, -0.1) is 0 Å². The minimum Gasteiger partial charge on any atom is -0.300 e. The largest absolute Gasteiger partial charge is 0.300 e. The number of hydrogen-bond donors (Lipinski definition) is 0. The summed E-state index contributed by atoms with van der Waals surface area (Å²) >= 11 is 3.79. The van der Waals surface area contributed by atoms with E-state index in [0.717, 1.165) is 6.04 Å². The fourth-order valence-electron chi connectivity index (χ4n) is 3.18. The van der Waals surface area contributed by atoms with Gasteiger partial charge in [0.05, 0.1) is 0 Å². The van der Waals surface area contributed by atoms with E-state index in [1.54, 1.807) is 0 Å². The molecule has 0 bridgehead atoms. The Labute approximate surface area is 109 Å². The molecule has 16 heavy (non-hydrogen) atoms. The zero-order chi connectivity index (χ0) is 11.4. The number of hydrogen-bond acceptors (Lipinski definition) is 1. The van der Waals surface area contributed by atoms with Crippen LogP contribution in [0.3, 0.4) is 0 Å². The zero-order valence-electron chi connectivity index (χ0n) is 10.7. The normalized spacial score (nSPS) is 24.9. The molecule has 0 unspecified atom stereocenters. The molecule has 0 N–H and O–H groups in total. The topological polar surface area (TPSA) is 3.24 Å². The average Bonchev–Trinajstić information content (AvgIpc) is 3.14. The highest BCUT2D eigenvalue weighted by atomic mass is 79.9. The third kappa shape index (κ3) is 3.22. The lowest BCUT2D eigenvalue weighted by molar-refractivity contribution is 0.121. The van der Waals surface area contributed by atoms with E-state index in [1.165, 1.54) is 69.8 Å². The maximum atomic E-state index is 3.79. The van der Waals surface area contributed by atoms with Crippen LogP contribution < -0.4 is 0 Å². The van der Waals surface area contributed by atoms with Gasteiger partial charge in [-0.3, -0.25) is 4.90 Å². The van der Waals surface area contributed by atoms with E-state index in [2.05, 4.69) is 27.8 Å². The molecule has 2 fully saturated rings. The van der Waals surface area contributed by atoms with Crippen LogP contribution >= 0.6 is 15.9 Å². The van der Waals surface area contributed by atoms with Crippen LogP contribution in [-0.4, -0.2) is 29.4 Å². The van der Waals surface area contributed by atoms with Crippen LogP contribution in [0, 0.1) is 5.41 Å². The van der Waals surface area contributed by atoms with Gasteiger partial charge in [-0.05, 0) is 44.1 Å². The quantitative estimate of drug-likeness (QED) is 0.662. The van der Waals surface area contributed by atoms with Gasteiger partial charge in [-0.1, -0.05) is 42.1 Å². The van der Waals surface area contributed by atoms with Crippen molar-refractivity contribution in [3.8, 4) is 0 Å². The summed E-state index contributed by atoms with van der Waals surface area (Å²) in [6.07, 6.45) is 11.5. The monoisotopic (exact) mass is 287 g/mol. The standard InChI is InChI=1S/C14H26BrN/c1-2-10-16(13-6-7-13)12-14(11-15)8-4-3-5-9-14/h13H,2-12H2,1H3. The van der Waals surface area contributed by atoms with Gasteiger partial charge < -0.3 is 0 Å². The minimum absolute atomic E-state index is 0.607. The molecule has 0 radical (unpaired) electrons. The van der Waals surface area contributed by atoms with E-state index in [9.17, 15) is 0 Å². The van der Waals surface area contributed by atoms with Crippen LogP contribution in [0.1, 0.15) is 58.3 Å². The van der Waals surface area contributed by atoms with Crippen molar-refractivity contribution in [1.29, 1.82) is 0 Å². The van der Waals surface area contributed by atoms with Crippen LogP contribution in [0.15, 0.2) is 0 Å². The van der Waals surface area contributed by atoms with Gasteiger partial charge >= 0.3 is 0 Å². The summed E-state index contributed by atoms with van der Waals surface area (Å²) in [5.41, 5.74) is 0.607. The molecule has 0 aromatic carbocycles. The van der Waals surface area contributed by atoms with Gasteiger partial charge in [0.1, 0.15) is 0 Å². The fraction of sp³-hybridized carbons (Fsp3) is 1.00. The summed E-state index contributed by atoms with van der Waals surface area (Å²) in [5, 5.41) is 1.22. The Hall–Kier alpha value is 0.440. The zero-order valence-corrected chi connectivity index (χ0v) is 12.3. The number of nitrogens with zero attached hydrogens (tertiary/aromatic N) is 1. The van der Waals surface area contributed by atoms with Crippen molar-refractivity contribution in [2.24, 2.45) is 5.41 Å². The summed E-state index contributed by atoms with van der Waals surface area (Å²) in [5.74, 6) is 0. The maximum Gasteiger partial charge on any atom is 0.0100 e. The summed E-state index contributed by atoms with van der Waals surface area (Å²) in [6.45, 7) is 4.99. The molecule has 2 rings (SSSR count). The molecule has 0 aliphatic heterocycles. The van der Waals surface area contributed by atoms with Crippen molar-refractivity contribution in [3.63, 3.8) is 0 Å². The van der Waals surface area contributed by atoms with Crippen molar-refractivity contribution in [2.75, 3.05) is 18.4 Å². The highest BCUT2D eigenvalue weighted by Gasteiger charge is 2.37. The first-order chi connectivity index (χ1) is 7.79. The molecule has 0 heterocycles. The summed E-state index contributed by atoms with van der Waals surface area (Å²) in [7, 11) is 0. The molecule has 1 nitrogen and oxygen atoms in total. The molecular formula is C14H26BrN. The van der Waals surface area contributed by atoms with Crippen LogP contribution in [0.4, 0.5) is 0 Å². The third-order valence-corrected chi connectivity index (χ3v) is 5.50. The van der Waals surface area contributed by atoms with Crippen molar-refractivity contribution in [3.05, 3.63) is 0 Å². The number of alkyl halides is 1. The third-order valence-electron chi connectivity index (χ3n) is 4.31. The van der Waals surface area contributed by atoms with Crippen molar-refractivity contribution < 1.29 is 0 Å². The molecule has 0 amide bonds. The molecule has 0 saturated heterocycles. The molecular weight excluding hydrogens is 262 g/mol. The van der Waals surface area contributed by atoms with E-state index in [-0.39, 0.29) is 0 Å². The molecule has 0 aromatic rings. The predicted molar refractivity (Wildman–Crippen MR) is 74.2 cm³/mol. The maximum absolute atomic E-state index is 3.79. The SMILES string of the molecule is CCCN(CC1(CBr)CCCCC1)C1CC1. The Balaban J connectivity index is 1.91. The van der Waals surface area contributed by atoms with Crippen molar-refractivity contribution in [2.45, 2.75) is 64.3 Å². The fourth-order valence-corrected chi connectivity index (χ4v) is 3.92. The van der Waals surface area contributed by atoms with Gasteiger partial charge in [0.15, 0.2) is 0 Å². The van der Waals surface area contributed by atoms with Crippen molar-refractivity contribution in [1.82, 2.24) is 4.90 Å². The minimum atomic E-state index is 0.607. The highest BCUT2D eigenvalue weighted by molar-refractivity contribution is 9.09. The smallest absolute Gasteiger partial charge is 0.0100 e. The first-order valence-electron chi connectivity index (χ1n) is 7.10. The van der Waals surface area contributed by atoms with E-state index in [0.29, 0.717) is 5.41 Å². The first kappa shape index (κ1) is 12.9. The number of halogens is 1. The van der Waals surface area contributed by atoms with Gasteiger partial charge in [-0.2, -0.15) is 0 Å². The highest BCUT2D eigenvalue weighted by Crippen LogP contribution is 2.40. The van der Waals surface area contributed by atoms with Crippen LogP contribution in [-0.2, 0) is 0 Å². The molecule has 2 aliphatic carbocycles. The lowest BCUT2D eigenvalue weighted by Gasteiger charge is -2.40. The van der Waals surface area contributed by atoms with Gasteiger partial charge in [0.2, 0.25) is 0 Å². The van der Waals surface area contributed by atoms with Gasteiger partial charge in [0, 0.05) is 17.9 Å². The lowest BCUT2D eigenvalue weighted by Crippen LogP contribution is -2.41. The van der Waals surface area contributed by atoms with E-state index < -0.39 is 0 Å². The Morgan fingerprint density at radius 3 is 2.38 bits per heavy atom. The van der Waals surface area contributed by atoms with E-state index >= 15 is 0 Å². The number of rotatable bonds is 6. The van der Waals surface area contributed by atoms with Crippen LogP contribution in [0.25, 0.3) is 0 Å². The second kappa shape index (κ2) is 5.86. The second-order valence-electron chi connectivity index (χ2n) is 5.90. The molecule has 2 saturated carbocycles. The average molecular weight is 288 g/mol. The second-order valence-corrected chi connectivity index (χ2v) is 6.46. The summed E-state index contributed by atoms with van der Waals surface area (Å²) in [4.78, 5) is 2.78. The molecule has 2 heteroatoms. The Bertz CT molecular complexity index is 207. The Kier molecular flexibility index (Phi) is 4.72. The Morgan fingerprint density at radius 2 is 1.88 bits per heavy atom.